The van der Waals surface area contributed by atoms with Crippen LogP contribution in [0.1, 0.15) is 48.0 Å². The molecule has 0 nitrogen and oxygen atoms in total. The first kappa shape index (κ1) is 16.3. The van der Waals surface area contributed by atoms with Gasteiger partial charge in [0, 0.05) is 7.35 Å². The van der Waals surface area contributed by atoms with Crippen molar-refractivity contribution in [3.05, 3.63) is 12.2 Å². The van der Waals surface area contributed by atoms with Crippen LogP contribution in [0.4, 0.5) is 0 Å². The van der Waals surface area contributed by atoms with Gasteiger partial charge in [-0.05, 0) is 43.4 Å². The van der Waals surface area contributed by atoms with Gasteiger partial charge in [-0.15, -0.1) is 0 Å². The van der Waals surface area contributed by atoms with Crippen molar-refractivity contribution in [2.24, 2.45) is 23.2 Å². The molecule has 4 unspecified atom stereocenters. The largest absolute Gasteiger partial charge is 0.0914 e. The average Bonchev–Trinajstić information content (AvgIpc) is 2.22. The zero-order valence-electron chi connectivity index (χ0n) is 11.9. The van der Waals surface area contributed by atoms with Gasteiger partial charge in [0.05, 0.1) is 0 Å². The first-order valence-electron chi connectivity index (χ1n) is 6.61. The first-order chi connectivity index (χ1) is 7.65. The summed E-state index contributed by atoms with van der Waals surface area (Å²) in [6.45, 7) is 14.4. The Kier molecular flexibility index (Phi) is 5.43. The van der Waals surface area contributed by atoms with E-state index in [-0.39, 0.29) is 0 Å². The van der Waals surface area contributed by atoms with Crippen LogP contribution in [0, 0.1) is 23.2 Å². The fourth-order valence-electron chi connectivity index (χ4n) is 3.41. The fourth-order valence-corrected chi connectivity index (χ4v) is 5.55. The van der Waals surface area contributed by atoms with E-state index in [1.807, 2.05) is 0 Å². The molecule has 0 radical (unpaired) electrons. The van der Waals surface area contributed by atoms with Gasteiger partial charge in [0.15, 0.2) is 0 Å². The maximum Gasteiger partial charge on any atom is 0.0342 e. The van der Waals surface area contributed by atoms with Crippen LogP contribution < -0.4 is 0 Å². The smallest absolute Gasteiger partial charge is 0.0342 e. The number of hydrogen-bond donors (Lipinski definition) is 0. The average molecular weight is 460 g/mol. The van der Waals surface area contributed by atoms with Crippen molar-refractivity contribution in [3.63, 3.8) is 0 Å². The van der Waals surface area contributed by atoms with Crippen LogP contribution in [0.15, 0.2) is 12.2 Å². The highest BCUT2D eigenvalue weighted by atomic mass is 127. The van der Waals surface area contributed by atoms with E-state index in [4.69, 9.17) is 0 Å². The molecule has 0 saturated heterocycles. The predicted molar refractivity (Wildman–Crippen MR) is 95.3 cm³/mol. The number of allylic oxidation sites excluding steroid dienone is 2. The van der Waals surface area contributed by atoms with E-state index in [2.05, 4.69) is 98.9 Å². The molecule has 1 aliphatic carbocycles. The zero-order valence-corrected chi connectivity index (χ0v) is 16.2. The van der Waals surface area contributed by atoms with Gasteiger partial charge in [-0.25, -0.2) is 0 Å². The van der Waals surface area contributed by atoms with Gasteiger partial charge in [0.25, 0.3) is 0 Å². The van der Waals surface area contributed by atoms with Gasteiger partial charge in [-0.1, -0.05) is 85.0 Å². The summed E-state index contributed by atoms with van der Waals surface area (Å²) in [5.41, 5.74) is 0.427. The van der Waals surface area contributed by atoms with Crippen LogP contribution >= 0.6 is 45.2 Å². The lowest BCUT2D eigenvalue weighted by Gasteiger charge is -2.55. The Labute approximate surface area is 135 Å². The Morgan fingerprint density at radius 1 is 1.29 bits per heavy atom. The highest BCUT2D eigenvalue weighted by Crippen LogP contribution is 2.57. The lowest BCUT2D eigenvalue weighted by molar-refractivity contribution is 0.0375. The summed E-state index contributed by atoms with van der Waals surface area (Å²) in [6, 6.07) is 0. The van der Waals surface area contributed by atoms with E-state index in [0.29, 0.717) is 14.8 Å². The van der Waals surface area contributed by atoms with E-state index < -0.39 is 0 Å². The minimum absolute atomic E-state index is 0.425. The van der Waals surface area contributed by atoms with Crippen molar-refractivity contribution in [3.8, 4) is 0 Å². The van der Waals surface area contributed by atoms with Crippen molar-refractivity contribution in [1.82, 2.24) is 0 Å². The van der Waals surface area contributed by atoms with Crippen molar-refractivity contribution in [1.29, 1.82) is 0 Å². The van der Waals surface area contributed by atoms with E-state index in [1.54, 1.807) is 0 Å². The van der Waals surface area contributed by atoms with Crippen molar-refractivity contribution >= 4 is 45.2 Å². The van der Waals surface area contributed by atoms with Gasteiger partial charge in [0.1, 0.15) is 0 Å². The Morgan fingerprint density at radius 2 is 1.82 bits per heavy atom. The molecule has 1 saturated carbocycles. The summed E-state index contributed by atoms with van der Waals surface area (Å²) in [6.07, 6.45) is 5.95. The molecule has 1 fully saturated rings. The Hall–Kier alpha value is 1.20. The molecule has 5 atom stereocenters. The third-order valence-electron chi connectivity index (χ3n) is 5.12. The second-order valence-electron chi connectivity index (χ2n) is 6.39. The fraction of sp³-hybridized carbons (Fsp3) is 0.867. The van der Waals surface area contributed by atoms with Crippen LogP contribution in [-0.4, -0.2) is 7.35 Å². The van der Waals surface area contributed by atoms with E-state index in [9.17, 15) is 0 Å². The molecule has 0 N–H and O–H groups in total. The summed E-state index contributed by atoms with van der Waals surface area (Å²) < 4.78 is 1.20. The summed E-state index contributed by atoms with van der Waals surface area (Å²) in [7, 11) is 0. The minimum Gasteiger partial charge on any atom is -0.0914 e. The summed E-state index contributed by atoms with van der Waals surface area (Å²) in [4.78, 5) is 0. The summed E-state index contributed by atoms with van der Waals surface area (Å²) >= 11 is 5.37. The number of halogens is 2. The maximum absolute atomic E-state index is 2.70. The van der Waals surface area contributed by atoms with E-state index in [1.165, 1.54) is 6.42 Å². The molecule has 1 rings (SSSR count). The van der Waals surface area contributed by atoms with Gasteiger partial charge in [-0.2, -0.15) is 0 Å². The van der Waals surface area contributed by atoms with Gasteiger partial charge in [-0.3, -0.25) is 0 Å². The predicted octanol–water partition coefficient (Wildman–Crippen LogP) is 5.88. The molecule has 1 aliphatic rings. The summed E-state index contributed by atoms with van der Waals surface area (Å²) in [5.74, 6) is 2.25. The molecule has 0 bridgehead atoms. The molecule has 17 heavy (non-hydrogen) atoms. The van der Waals surface area contributed by atoms with Crippen LogP contribution in [0.3, 0.4) is 0 Å². The van der Waals surface area contributed by atoms with Crippen LogP contribution in [0.2, 0.25) is 0 Å². The number of rotatable bonds is 2. The SMILES string of the molecule is C/C=C/C(C)C1CC(I)C(C)(I)[C@H](C)C1(C)C. The molecule has 0 aromatic carbocycles. The molecule has 0 aliphatic heterocycles. The van der Waals surface area contributed by atoms with Gasteiger partial charge < -0.3 is 0 Å². The number of alkyl halides is 2. The quantitative estimate of drug-likeness (QED) is 0.275. The highest BCUT2D eigenvalue weighted by Gasteiger charge is 2.52. The molecule has 0 amide bonds. The standard InChI is InChI=1S/C15H26I2/c1-7-8-10(2)12-9-13(16)15(6,17)11(3)14(12,4)5/h7-8,10-13H,9H2,1-6H3/b8-7+/t10?,11-,12?,13?,15?/m1/s1. The normalized spacial score (nSPS) is 43.9. The highest BCUT2D eigenvalue weighted by molar-refractivity contribution is 14.1. The van der Waals surface area contributed by atoms with Crippen molar-refractivity contribution in [2.45, 2.75) is 55.3 Å². The van der Waals surface area contributed by atoms with Crippen LogP contribution in [-0.2, 0) is 0 Å². The van der Waals surface area contributed by atoms with E-state index >= 15 is 0 Å². The molecule has 0 aromatic rings. The van der Waals surface area contributed by atoms with Crippen LogP contribution in [0.5, 0.6) is 0 Å². The van der Waals surface area contributed by atoms with Crippen LogP contribution in [0.25, 0.3) is 0 Å². The number of hydrogen-bond acceptors (Lipinski definition) is 0. The van der Waals surface area contributed by atoms with Gasteiger partial charge in [0.2, 0.25) is 0 Å². The molecule has 0 aromatic heterocycles. The summed E-state index contributed by atoms with van der Waals surface area (Å²) in [5, 5.41) is 0. The third-order valence-corrected chi connectivity index (χ3v) is 9.80. The second-order valence-corrected chi connectivity index (χ2v) is 10.2. The maximum atomic E-state index is 2.70. The molecule has 100 valence electrons. The van der Waals surface area contributed by atoms with Crippen molar-refractivity contribution < 1.29 is 0 Å². The van der Waals surface area contributed by atoms with Gasteiger partial charge >= 0.3 is 0 Å². The zero-order chi connectivity index (χ0) is 13.4. The third kappa shape index (κ3) is 3.03. The molecule has 0 heterocycles. The Bertz CT molecular complexity index is 291. The van der Waals surface area contributed by atoms with E-state index in [0.717, 1.165) is 15.8 Å². The Balaban J connectivity index is 3.03. The molecule has 2 heteroatoms. The lowest BCUT2D eigenvalue weighted by Crippen LogP contribution is -2.53. The van der Waals surface area contributed by atoms with Crippen molar-refractivity contribution in [2.75, 3.05) is 0 Å². The Morgan fingerprint density at radius 3 is 2.29 bits per heavy atom. The monoisotopic (exact) mass is 460 g/mol. The minimum atomic E-state index is 0.425. The first-order valence-corrected chi connectivity index (χ1v) is 8.93. The topological polar surface area (TPSA) is 0 Å². The molecular weight excluding hydrogens is 434 g/mol. The molecule has 0 spiro atoms. The molecular formula is C15H26I2. The lowest BCUT2D eigenvalue weighted by atomic mass is 9.56. The second kappa shape index (κ2) is 5.68.